The van der Waals surface area contributed by atoms with Crippen LogP contribution in [0, 0.1) is 0 Å². The fraction of sp³-hybridized carbons (Fsp3) is 0.400. The minimum absolute atomic E-state index is 0.249. The fourth-order valence-corrected chi connectivity index (χ4v) is 1.83. The fourth-order valence-electron chi connectivity index (χ4n) is 1.64. The molecule has 1 aromatic carbocycles. The summed E-state index contributed by atoms with van der Waals surface area (Å²) >= 11 is 5.87. The van der Waals surface area contributed by atoms with E-state index in [0.29, 0.717) is 6.54 Å². The molecule has 1 unspecified atom stereocenters. The van der Waals surface area contributed by atoms with Crippen molar-refractivity contribution < 1.29 is 4.74 Å². The molecule has 1 aromatic rings. The monoisotopic (exact) mass is 197 g/mol. The molecule has 3 heteroatoms. The highest BCUT2D eigenvalue weighted by Crippen LogP contribution is 2.31. The Morgan fingerprint density at radius 3 is 3.15 bits per heavy atom. The molecule has 2 nitrogen and oxygen atoms in total. The van der Waals surface area contributed by atoms with Crippen molar-refractivity contribution in [2.24, 2.45) is 5.73 Å². The Labute approximate surface area is 82.6 Å². The summed E-state index contributed by atoms with van der Waals surface area (Å²) < 4.78 is 5.66. The van der Waals surface area contributed by atoms with Crippen LogP contribution in [0.4, 0.5) is 0 Å². The summed E-state index contributed by atoms with van der Waals surface area (Å²) in [6, 6.07) is 5.74. The Morgan fingerprint density at radius 2 is 2.38 bits per heavy atom. The van der Waals surface area contributed by atoms with Crippen molar-refractivity contribution >= 4 is 11.6 Å². The highest BCUT2D eigenvalue weighted by Gasteiger charge is 2.21. The molecule has 0 spiro atoms. The Bertz CT molecular complexity index is 314. The maximum absolute atomic E-state index is 5.87. The van der Waals surface area contributed by atoms with Gasteiger partial charge in [0.05, 0.1) is 0 Å². The summed E-state index contributed by atoms with van der Waals surface area (Å²) in [7, 11) is 0. The average Bonchev–Trinajstić information content (AvgIpc) is 2.46. The van der Waals surface area contributed by atoms with Gasteiger partial charge in [0.25, 0.3) is 0 Å². The third-order valence-corrected chi connectivity index (χ3v) is 2.49. The van der Waals surface area contributed by atoms with E-state index in [1.54, 1.807) is 0 Å². The number of hydrogen-bond donors (Lipinski definition) is 1. The summed E-state index contributed by atoms with van der Waals surface area (Å²) in [5, 5.41) is 0.774. The van der Waals surface area contributed by atoms with Crippen molar-refractivity contribution in [3.63, 3.8) is 0 Å². The van der Waals surface area contributed by atoms with Crippen molar-refractivity contribution in [3.8, 4) is 5.75 Å². The standard InChI is InChI=1S/C10H12ClNO/c11-8-1-2-10-7(5-8)6-9(13-10)3-4-12/h1-2,5,9H,3-4,6,12H2. The van der Waals surface area contributed by atoms with Crippen molar-refractivity contribution in [3.05, 3.63) is 28.8 Å². The minimum atomic E-state index is 0.249. The van der Waals surface area contributed by atoms with Crippen LogP contribution in [0.2, 0.25) is 5.02 Å². The Balaban J connectivity index is 2.16. The number of hydrogen-bond acceptors (Lipinski definition) is 2. The molecule has 0 radical (unpaired) electrons. The molecule has 0 aliphatic carbocycles. The van der Waals surface area contributed by atoms with Crippen molar-refractivity contribution in [1.29, 1.82) is 0 Å². The van der Waals surface area contributed by atoms with Crippen LogP contribution >= 0.6 is 11.6 Å². The van der Waals surface area contributed by atoms with Crippen LogP contribution in [0.3, 0.4) is 0 Å². The Hall–Kier alpha value is -0.730. The molecule has 13 heavy (non-hydrogen) atoms. The molecular formula is C10H12ClNO. The largest absolute Gasteiger partial charge is 0.490 e. The quantitative estimate of drug-likeness (QED) is 0.787. The minimum Gasteiger partial charge on any atom is -0.490 e. The first kappa shape index (κ1) is 8.85. The molecule has 1 atom stereocenters. The van der Waals surface area contributed by atoms with E-state index in [9.17, 15) is 0 Å². The van der Waals surface area contributed by atoms with Gasteiger partial charge < -0.3 is 10.5 Å². The molecule has 0 saturated heterocycles. The van der Waals surface area contributed by atoms with E-state index < -0.39 is 0 Å². The van der Waals surface area contributed by atoms with E-state index >= 15 is 0 Å². The van der Waals surface area contributed by atoms with Gasteiger partial charge in [0.1, 0.15) is 11.9 Å². The van der Waals surface area contributed by atoms with Gasteiger partial charge in [-0.25, -0.2) is 0 Å². The van der Waals surface area contributed by atoms with Crippen LogP contribution < -0.4 is 10.5 Å². The number of benzene rings is 1. The zero-order valence-corrected chi connectivity index (χ0v) is 8.05. The summed E-state index contributed by atoms with van der Waals surface area (Å²) in [5.41, 5.74) is 6.67. The van der Waals surface area contributed by atoms with E-state index in [0.717, 1.165) is 23.6 Å². The van der Waals surface area contributed by atoms with Crippen LogP contribution in [0.25, 0.3) is 0 Å². The van der Waals surface area contributed by atoms with Gasteiger partial charge in [-0.3, -0.25) is 0 Å². The van der Waals surface area contributed by atoms with Crippen molar-refractivity contribution in [2.75, 3.05) is 6.54 Å². The number of fused-ring (bicyclic) bond motifs is 1. The molecule has 0 amide bonds. The second-order valence-electron chi connectivity index (χ2n) is 3.27. The Morgan fingerprint density at radius 1 is 1.54 bits per heavy atom. The second kappa shape index (κ2) is 3.56. The average molecular weight is 198 g/mol. The zero-order valence-electron chi connectivity index (χ0n) is 7.29. The number of rotatable bonds is 2. The summed E-state index contributed by atoms with van der Waals surface area (Å²) in [6.45, 7) is 0.673. The zero-order chi connectivity index (χ0) is 9.26. The first-order valence-corrected chi connectivity index (χ1v) is 4.82. The van der Waals surface area contributed by atoms with Gasteiger partial charge in [0.15, 0.2) is 0 Å². The highest BCUT2D eigenvalue weighted by atomic mass is 35.5. The third kappa shape index (κ3) is 1.79. The van der Waals surface area contributed by atoms with E-state index in [-0.39, 0.29) is 6.10 Å². The Kier molecular flexibility index (Phi) is 2.42. The topological polar surface area (TPSA) is 35.2 Å². The molecule has 2 rings (SSSR count). The lowest BCUT2D eigenvalue weighted by molar-refractivity contribution is 0.224. The van der Waals surface area contributed by atoms with Gasteiger partial charge in [-0.15, -0.1) is 0 Å². The van der Waals surface area contributed by atoms with Gasteiger partial charge in [-0.2, -0.15) is 0 Å². The molecule has 1 aliphatic rings. The molecule has 2 N–H and O–H groups in total. The maximum atomic E-state index is 5.87. The summed E-state index contributed by atoms with van der Waals surface area (Å²) in [6.07, 6.45) is 2.10. The number of nitrogens with two attached hydrogens (primary N) is 1. The SMILES string of the molecule is NCCC1Cc2cc(Cl)ccc2O1. The van der Waals surface area contributed by atoms with Crippen molar-refractivity contribution in [2.45, 2.75) is 18.9 Å². The van der Waals surface area contributed by atoms with Crippen LogP contribution in [0.1, 0.15) is 12.0 Å². The third-order valence-electron chi connectivity index (χ3n) is 2.25. The molecule has 1 heterocycles. The van der Waals surface area contributed by atoms with Gasteiger partial charge in [-0.1, -0.05) is 11.6 Å². The summed E-state index contributed by atoms with van der Waals surface area (Å²) in [4.78, 5) is 0. The number of halogens is 1. The molecule has 0 bridgehead atoms. The van der Waals surface area contributed by atoms with E-state index in [2.05, 4.69) is 0 Å². The smallest absolute Gasteiger partial charge is 0.123 e. The lowest BCUT2D eigenvalue weighted by Crippen LogP contribution is -2.17. The van der Waals surface area contributed by atoms with E-state index in [4.69, 9.17) is 22.1 Å². The number of ether oxygens (including phenoxy) is 1. The lowest BCUT2D eigenvalue weighted by Gasteiger charge is -2.07. The molecule has 0 aromatic heterocycles. The first-order valence-electron chi connectivity index (χ1n) is 4.45. The van der Waals surface area contributed by atoms with Crippen LogP contribution in [0.15, 0.2) is 18.2 Å². The normalized spacial score (nSPS) is 19.7. The van der Waals surface area contributed by atoms with Crippen LogP contribution in [-0.4, -0.2) is 12.6 Å². The maximum Gasteiger partial charge on any atom is 0.123 e. The lowest BCUT2D eigenvalue weighted by atomic mass is 10.1. The van der Waals surface area contributed by atoms with Gasteiger partial charge >= 0.3 is 0 Å². The van der Waals surface area contributed by atoms with Gasteiger partial charge in [0, 0.05) is 11.4 Å². The van der Waals surface area contributed by atoms with Gasteiger partial charge in [0.2, 0.25) is 0 Å². The first-order chi connectivity index (χ1) is 6.29. The van der Waals surface area contributed by atoms with Gasteiger partial charge in [-0.05, 0) is 36.7 Å². The predicted molar refractivity (Wildman–Crippen MR) is 53.2 cm³/mol. The van der Waals surface area contributed by atoms with Crippen molar-refractivity contribution in [1.82, 2.24) is 0 Å². The predicted octanol–water partition coefficient (Wildman–Crippen LogP) is 1.99. The second-order valence-corrected chi connectivity index (χ2v) is 3.71. The highest BCUT2D eigenvalue weighted by molar-refractivity contribution is 6.30. The molecule has 0 fully saturated rings. The van der Waals surface area contributed by atoms with Crippen LogP contribution in [0.5, 0.6) is 5.75 Å². The van der Waals surface area contributed by atoms with E-state index in [1.165, 1.54) is 5.56 Å². The van der Waals surface area contributed by atoms with Crippen LogP contribution in [-0.2, 0) is 6.42 Å². The molecular weight excluding hydrogens is 186 g/mol. The summed E-state index contributed by atoms with van der Waals surface area (Å²) in [5.74, 6) is 0.961. The molecule has 0 saturated carbocycles. The molecule has 1 aliphatic heterocycles. The molecule has 70 valence electrons. The van der Waals surface area contributed by atoms with E-state index in [1.807, 2.05) is 18.2 Å².